The Hall–Kier alpha value is -5.52. The average molecular weight is 1100 g/mol. The molecule has 80 heavy (non-hydrogen) atoms. The van der Waals surface area contributed by atoms with Gasteiger partial charge >= 0.3 is 11.9 Å². The maximum atomic E-state index is 12.3. The molecule has 0 aliphatic rings. The summed E-state index contributed by atoms with van der Waals surface area (Å²) in [7, 11) is 0. The molecule has 0 saturated carbocycles. The number of esters is 2. The number of ether oxygens (including phenoxy) is 2. The first-order valence-electron chi connectivity index (χ1n) is 31.6. The molecule has 5 heteroatoms. The summed E-state index contributed by atoms with van der Waals surface area (Å²) in [5.74, 6) is -0.642. The fraction of sp³-hybridized carbons (Fsp3) is 0.520. The van der Waals surface area contributed by atoms with E-state index in [4.69, 9.17) is 9.47 Å². The lowest BCUT2D eigenvalue weighted by Crippen LogP contribution is -2.28. The van der Waals surface area contributed by atoms with Crippen molar-refractivity contribution in [3.8, 4) is 0 Å². The number of hydrogen-bond acceptors (Lipinski definition) is 5. The average Bonchev–Trinajstić information content (AvgIpc) is 3.46. The van der Waals surface area contributed by atoms with Crippen LogP contribution < -0.4 is 0 Å². The molecule has 0 aliphatic heterocycles. The van der Waals surface area contributed by atoms with Crippen LogP contribution in [0.5, 0.6) is 0 Å². The van der Waals surface area contributed by atoms with E-state index in [0.29, 0.717) is 12.8 Å². The van der Waals surface area contributed by atoms with Crippen molar-refractivity contribution in [3.05, 3.63) is 207 Å². The smallest absolute Gasteiger partial charge is 0.306 e. The third kappa shape index (κ3) is 65.0. The zero-order valence-corrected chi connectivity index (χ0v) is 50.7. The SMILES string of the molecule is CC/C=C\C/C=C\C/C=C\C/C=C\C/C=C\C/C=C\C/C=C\C/C=C\C/C=C\C/C=C\C/C=C\C/C=C\CCCCCCC(=O)OC(CO)COC(=O)CCCCCCCCCCC/C=C\C/C=C\C/C=C\C/C=C\C/C=C\CC. The minimum absolute atomic E-state index is 0.0935. The summed E-state index contributed by atoms with van der Waals surface area (Å²) in [6.45, 7) is 3.87. The second kappa shape index (κ2) is 67.8. The lowest BCUT2D eigenvalue weighted by Gasteiger charge is -2.15. The minimum atomic E-state index is -0.806. The van der Waals surface area contributed by atoms with Crippen LogP contribution in [0.3, 0.4) is 0 Å². The lowest BCUT2D eigenvalue weighted by molar-refractivity contribution is -0.161. The standard InChI is InChI=1S/C75H114O5/c1-3-5-7-9-11-13-15-17-19-21-23-25-27-29-30-31-32-33-34-35-36-37-38-39-40-41-42-43-44-46-48-50-52-54-56-58-60-62-64-66-68-70-75(78)80-73(71-76)72-79-74(77)69-67-65-63-61-59-57-55-53-51-49-47-45-28-26-24-22-20-18-16-14-12-10-8-6-4-2/h5-8,11-14,17-20,23-26,29-30,32-33,35-36,38-39,41-42,44-47,50,52,56,58,73,76H,3-4,9-10,15-16,21-22,27-28,31,34,37,40,43,48-49,51,53-55,57,59-72H2,1-2H3/b7-5-,8-6-,13-11-,14-12-,19-17-,20-18-,25-23-,26-24-,30-29-,33-32-,36-35-,39-38-,42-41-,46-44-,47-45-,52-50-,58-56-. The van der Waals surface area contributed by atoms with E-state index in [1.54, 1.807) is 0 Å². The number of rotatable bonds is 55. The largest absolute Gasteiger partial charge is 0.462 e. The molecule has 0 radical (unpaired) electrons. The summed E-state index contributed by atoms with van der Waals surface area (Å²) in [4.78, 5) is 24.6. The molecule has 0 heterocycles. The fourth-order valence-electron chi connectivity index (χ4n) is 7.92. The minimum Gasteiger partial charge on any atom is -0.462 e. The summed E-state index contributed by atoms with van der Waals surface area (Å²) >= 11 is 0. The Bertz CT molecular complexity index is 1910. The first-order valence-corrected chi connectivity index (χ1v) is 31.6. The van der Waals surface area contributed by atoms with E-state index in [1.807, 2.05) is 0 Å². The van der Waals surface area contributed by atoms with E-state index in [-0.39, 0.29) is 25.2 Å². The number of carbonyl (C=O) groups is 2. The Balaban J connectivity index is 3.68. The maximum absolute atomic E-state index is 12.3. The molecule has 5 nitrogen and oxygen atoms in total. The zero-order valence-electron chi connectivity index (χ0n) is 50.7. The van der Waals surface area contributed by atoms with Crippen LogP contribution in [0.1, 0.15) is 232 Å². The normalized spacial score (nSPS) is 13.7. The number of carbonyl (C=O) groups excluding carboxylic acids is 2. The highest BCUT2D eigenvalue weighted by Crippen LogP contribution is 2.13. The number of aliphatic hydroxyl groups excluding tert-OH is 1. The molecule has 0 aromatic carbocycles. The van der Waals surface area contributed by atoms with Crippen LogP contribution in [-0.4, -0.2) is 36.4 Å². The number of unbranched alkanes of at least 4 members (excludes halogenated alkanes) is 13. The molecule has 0 bridgehead atoms. The fourth-order valence-corrected chi connectivity index (χ4v) is 7.92. The molecule has 444 valence electrons. The van der Waals surface area contributed by atoms with Crippen LogP contribution in [0, 0.1) is 0 Å². The molecule has 0 spiro atoms. The van der Waals surface area contributed by atoms with Gasteiger partial charge in [0.1, 0.15) is 6.61 Å². The Morgan fingerprint density at radius 3 is 0.750 bits per heavy atom. The lowest BCUT2D eigenvalue weighted by atomic mass is 10.1. The maximum Gasteiger partial charge on any atom is 0.306 e. The van der Waals surface area contributed by atoms with Crippen molar-refractivity contribution in [2.75, 3.05) is 13.2 Å². The quantitative estimate of drug-likeness (QED) is 0.0373. The van der Waals surface area contributed by atoms with Gasteiger partial charge in [0.05, 0.1) is 6.61 Å². The molecule has 1 N–H and O–H groups in total. The van der Waals surface area contributed by atoms with Crippen molar-refractivity contribution in [2.24, 2.45) is 0 Å². The van der Waals surface area contributed by atoms with E-state index >= 15 is 0 Å². The molecule has 0 aromatic rings. The van der Waals surface area contributed by atoms with Gasteiger partial charge in [0.2, 0.25) is 0 Å². The number of aliphatic hydroxyl groups is 1. The van der Waals surface area contributed by atoms with Gasteiger partial charge in [-0.25, -0.2) is 0 Å². The van der Waals surface area contributed by atoms with Crippen LogP contribution in [0.4, 0.5) is 0 Å². The summed E-state index contributed by atoms with van der Waals surface area (Å²) in [5, 5.41) is 9.67. The van der Waals surface area contributed by atoms with E-state index in [9.17, 15) is 14.7 Å². The highest BCUT2D eigenvalue weighted by Gasteiger charge is 2.16. The van der Waals surface area contributed by atoms with Gasteiger partial charge in [-0.15, -0.1) is 0 Å². The molecule has 0 fully saturated rings. The summed E-state index contributed by atoms with van der Waals surface area (Å²) in [5.41, 5.74) is 0. The van der Waals surface area contributed by atoms with Gasteiger partial charge in [-0.2, -0.15) is 0 Å². The van der Waals surface area contributed by atoms with Gasteiger partial charge in [-0.05, 0) is 148 Å². The Labute approximate surface area is 491 Å². The Morgan fingerprint density at radius 2 is 0.500 bits per heavy atom. The molecular weight excluding hydrogens is 981 g/mol. The van der Waals surface area contributed by atoms with Gasteiger partial charge in [0.25, 0.3) is 0 Å². The Kier molecular flexibility index (Phi) is 63.1. The van der Waals surface area contributed by atoms with Crippen molar-refractivity contribution < 1.29 is 24.2 Å². The predicted octanol–water partition coefficient (Wildman–Crippen LogP) is 22.2. The van der Waals surface area contributed by atoms with Gasteiger partial charge < -0.3 is 14.6 Å². The van der Waals surface area contributed by atoms with Crippen molar-refractivity contribution in [3.63, 3.8) is 0 Å². The van der Waals surface area contributed by atoms with Crippen molar-refractivity contribution >= 4 is 11.9 Å². The Morgan fingerprint density at radius 1 is 0.287 bits per heavy atom. The highest BCUT2D eigenvalue weighted by molar-refractivity contribution is 5.70. The van der Waals surface area contributed by atoms with Gasteiger partial charge in [-0.3, -0.25) is 9.59 Å². The van der Waals surface area contributed by atoms with Crippen molar-refractivity contribution in [2.45, 2.75) is 238 Å². The summed E-state index contributed by atoms with van der Waals surface area (Å²) in [6, 6.07) is 0. The highest BCUT2D eigenvalue weighted by atomic mass is 16.6. The monoisotopic (exact) mass is 1090 g/mol. The first kappa shape index (κ1) is 74.5. The van der Waals surface area contributed by atoms with Crippen molar-refractivity contribution in [1.29, 1.82) is 0 Å². The molecule has 1 unspecified atom stereocenters. The summed E-state index contributed by atoms with van der Waals surface area (Å²) in [6.07, 6.45) is 109. The molecular formula is C75H114O5. The topological polar surface area (TPSA) is 72.8 Å². The predicted molar refractivity (Wildman–Crippen MR) is 352 cm³/mol. The van der Waals surface area contributed by atoms with Gasteiger partial charge in [0.15, 0.2) is 6.10 Å². The van der Waals surface area contributed by atoms with Gasteiger partial charge in [0, 0.05) is 12.8 Å². The van der Waals surface area contributed by atoms with Crippen molar-refractivity contribution in [1.82, 2.24) is 0 Å². The molecule has 0 amide bonds. The zero-order chi connectivity index (χ0) is 57.6. The molecule has 1 atom stereocenters. The molecule has 0 aliphatic carbocycles. The number of allylic oxidation sites excluding steroid dienone is 34. The van der Waals surface area contributed by atoms with E-state index in [0.717, 1.165) is 167 Å². The third-order valence-electron chi connectivity index (χ3n) is 12.6. The van der Waals surface area contributed by atoms with Crippen LogP contribution >= 0.6 is 0 Å². The third-order valence-corrected chi connectivity index (χ3v) is 12.6. The first-order chi connectivity index (χ1) is 39.6. The van der Waals surface area contributed by atoms with Gasteiger partial charge in [-0.1, -0.05) is 278 Å². The van der Waals surface area contributed by atoms with E-state index in [1.165, 1.54) is 38.5 Å². The van der Waals surface area contributed by atoms with Crippen LogP contribution in [0.15, 0.2) is 207 Å². The van der Waals surface area contributed by atoms with E-state index < -0.39 is 6.10 Å². The van der Waals surface area contributed by atoms with Crippen LogP contribution in [-0.2, 0) is 19.1 Å². The molecule has 0 rings (SSSR count). The van der Waals surface area contributed by atoms with Crippen LogP contribution in [0.25, 0.3) is 0 Å². The molecule has 0 aromatic heterocycles. The molecule has 0 saturated heterocycles. The van der Waals surface area contributed by atoms with Crippen LogP contribution in [0.2, 0.25) is 0 Å². The summed E-state index contributed by atoms with van der Waals surface area (Å²) < 4.78 is 10.7. The second-order valence-electron chi connectivity index (χ2n) is 20.0. The second-order valence-corrected chi connectivity index (χ2v) is 20.0. The van der Waals surface area contributed by atoms with E-state index in [2.05, 4.69) is 220 Å². The number of hydrogen-bond donors (Lipinski definition) is 1.